The first-order chi connectivity index (χ1) is 14.3. The monoisotopic (exact) mass is 426 g/mol. The van der Waals surface area contributed by atoms with Crippen molar-refractivity contribution in [3.05, 3.63) is 0 Å². The van der Waals surface area contributed by atoms with E-state index in [9.17, 15) is 24.0 Å². The fourth-order valence-electron chi connectivity index (χ4n) is 3.57. The number of hydrogen-bond donors (Lipinski definition) is 2. The third kappa shape index (κ3) is 7.42. The number of methoxy groups -OCH3 is 2. The molecule has 0 radical (unpaired) electrons. The van der Waals surface area contributed by atoms with Gasteiger partial charge in [0.2, 0.25) is 11.8 Å². The summed E-state index contributed by atoms with van der Waals surface area (Å²) in [6.07, 6.45) is 3.76. The minimum atomic E-state index is -0.893. The number of carbonyl (C=O) groups is 5. The molecule has 30 heavy (non-hydrogen) atoms. The van der Waals surface area contributed by atoms with Crippen LogP contribution in [0.2, 0.25) is 0 Å². The summed E-state index contributed by atoms with van der Waals surface area (Å²) in [7, 11) is 2.48. The molecule has 0 aromatic heterocycles. The number of hydrogen-bond acceptors (Lipinski definition) is 7. The second kappa shape index (κ2) is 13.0. The Kier molecular flexibility index (Phi) is 11.1. The van der Waals surface area contributed by atoms with Crippen LogP contribution in [0.25, 0.3) is 0 Å². The fourth-order valence-corrected chi connectivity index (χ4v) is 3.57. The lowest BCUT2D eigenvalue weighted by Gasteiger charge is -2.23. The molecule has 1 fully saturated rings. The van der Waals surface area contributed by atoms with E-state index in [4.69, 9.17) is 9.47 Å². The summed E-state index contributed by atoms with van der Waals surface area (Å²) in [5.74, 6) is -4.18. The van der Waals surface area contributed by atoms with Crippen molar-refractivity contribution in [3.8, 4) is 0 Å². The Labute approximate surface area is 177 Å². The highest BCUT2D eigenvalue weighted by Crippen LogP contribution is 2.30. The normalized spacial score (nSPS) is 20.2. The Morgan fingerprint density at radius 2 is 1.20 bits per heavy atom. The highest BCUT2D eigenvalue weighted by atomic mass is 16.5. The van der Waals surface area contributed by atoms with Crippen LogP contribution in [0.15, 0.2) is 0 Å². The summed E-state index contributed by atoms with van der Waals surface area (Å²) in [5, 5.41) is 5.27. The molecule has 0 aromatic rings. The molecular formula is C21H34N2O7. The number of nitrogens with one attached hydrogen (secondary N) is 2. The van der Waals surface area contributed by atoms with Crippen molar-refractivity contribution in [3.63, 3.8) is 0 Å². The first-order valence-electron chi connectivity index (χ1n) is 10.6. The fraction of sp³-hybridized carbons (Fsp3) is 0.762. The summed E-state index contributed by atoms with van der Waals surface area (Å²) >= 11 is 0. The van der Waals surface area contributed by atoms with Gasteiger partial charge >= 0.3 is 11.9 Å². The van der Waals surface area contributed by atoms with Crippen LogP contribution in [0.4, 0.5) is 0 Å². The van der Waals surface area contributed by atoms with E-state index in [0.717, 1.165) is 12.8 Å². The Morgan fingerprint density at radius 1 is 0.833 bits per heavy atom. The molecule has 170 valence electrons. The second-order valence-corrected chi connectivity index (χ2v) is 7.61. The van der Waals surface area contributed by atoms with Gasteiger partial charge in [0.25, 0.3) is 0 Å². The van der Waals surface area contributed by atoms with Gasteiger partial charge in [0.1, 0.15) is 17.9 Å². The summed E-state index contributed by atoms with van der Waals surface area (Å²) < 4.78 is 9.49. The minimum Gasteiger partial charge on any atom is -0.467 e. The largest absolute Gasteiger partial charge is 0.467 e. The van der Waals surface area contributed by atoms with Crippen LogP contribution in [-0.2, 0) is 33.4 Å². The summed E-state index contributed by atoms with van der Waals surface area (Å²) in [6.45, 7) is 3.92. The van der Waals surface area contributed by atoms with Crippen molar-refractivity contribution in [1.82, 2.24) is 10.6 Å². The molecule has 1 aliphatic carbocycles. The van der Waals surface area contributed by atoms with Crippen molar-refractivity contribution in [2.24, 2.45) is 11.8 Å². The van der Waals surface area contributed by atoms with E-state index in [0.29, 0.717) is 25.7 Å². The zero-order valence-corrected chi connectivity index (χ0v) is 18.3. The molecular weight excluding hydrogens is 392 g/mol. The SMILES string of the molecule is CCCC[C@H](NC(=O)C1CC(=O)C[C@H]1C(=O)N[C@@H](CCCC)C(=O)OC)C(=O)OC. The van der Waals surface area contributed by atoms with Gasteiger partial charge < -0.3 is 20.1 Å². The Bertz CT molecular complexity index is 583. The molecule has 0 saturated heterocycles. The van der Waals surface area contributed by atoms with Crippen molar-refractivity contribution < 1.29 is 33.4 Å². The van der Waals surface area contributed by atoms with Crippen molar-refractivity contribution in [1.29, 1.82) is 0 Å². The van der Waals surface area contributed by atoms with Crippen LogP contribution in [0.1, 0.15) is 65.2 Å². The molecule has 1 saturated carbocycles. The van der Waals surface area contributed by atoms with E-state index in [1.165, 1.54) is 14.2 Å². The average Bonchev–Trinajstić information content (AvgIpc) is 3.14. The average molecular weight is 427 g/mol. The predicted octanol–water partition coefficient (Wildman–Crippen LogP) is 1.28. The summed E-state index contributed by atoms with van der Waals surface area (Å²) in [6, 6.07) is -1.65. The number of carbonyl (C=O) groups excluding carboxylic acids is 5. The van der Waals surface area contributed by atoms with Gasteiger partial charge in [-0.3, -0.25) is 14.4 Å². The maximum atomic E-state index is 12.8. The molecule has 0 spiro atoms. The molecule has 1 rings (SSSR count). The molecule has 0 aromatic carbocycles. The molecule has 0 heterocycles. The summed E-state index contributed by atoms with van der Waals surface area (Å²) in [5.41, 5.74) is 0. The second-order valence-electron chi connectivity index (χ2n) is 7.61. The lowest BCUT2D eigenvalue weighted by atomic mass is 9.93. The number of unbranched alkanes of at least 4 members (excludes halogenated alkanes) is 2. The molecule has 1 unspecified atom stereocenters. The van der Waals surface area contributed by atoms with E-state index in [2.05, 4.69) is 10.6 Å². The van der Waals surface area contributed by atoms with Crippen LogP contribution < -0.4 is 10.6 Å². The third-order valence-corrected chi connectivity index (χ3v) is 5.35. The van der Waals surface area contributed by atoms with Gasteiger partial charge in [-0.2, -0.15) is 0 Å². The van der Waals surface area contributed by atoms with Crippen molar-refractivity contribution in [2.45, 2.75) is 77.3 Å². The van der Waals surface area contributed by atoms with Gasteiger partial charge in [0.05, 0.1) is 26.1 Å². The van der Waals surface area contributed by atoms with Gasteiger partial charge in [0.15, 0.2) is 0 Å². The van der Waals surface area contributed by atoms with Gasteiger partial charge in [-0.05, 0) is 12.8 Å². The van der Waals surface area contributed by atoms with Crippen molar-refractivity contribution in [2.75, 3.05) is 14.2 Å². The Hall–Kier alpha value is -2.45. The van der Waals surface area contributed by atoms with E-state index in [1.54, 1.807) is 0 Å². The minimum absolute atomic E-state index is 0.0799. The molecule has 9 nitrogen and oxygen atoms in total. The molecule has 0 aliphatic heterocycles. The molecule has 0 bridgehead atoms. The first kappa shape index (κ1) is 25.6. The maximum Gasteiger partial charge on any atom is 0.328 e. The quantitative estimate of drug-likeness (QED) is 0.450. The van der Waals surface area contributed by atoms with E-state index in [-0.39, 0.29) is 18.6 Å². The standard InChI is InChI=1S/C21H34N2O7/c1-5-7-9-16(20(27)29-3)22-18(25)14-11-13(24)12-15(14)19(26)23-17(10-8-6-2)21(28)30-4/h14-17H,5-12H2,1-4H3,(H,22,25)(H,23,26)/t14-,15?,16+,17+/m1/s1. The van der Waals surface area contributed by atoms with Crippen LogP contribution in [0, 0.1) is 11.8 Å². The molecule has 2 N–H and O–H groups in total. The predicted molar refractivity (Wildman–Crippen MR) is 108 cm³/mol. The lowest BCUT2D eigenvalue weighted by Crippen LogP contribution is -2.49. The van der Waals surface area contributed by atoms with Crippen LogP contribution in [0.5, 0.6) is 0 Å². The molecule has 1 aliphatic rings. The molecule has 2 amide bonds. The number of ketones is 1. The van der Waals surface area contributed by atoms with Crippen LogP contribution in [0.3, 0.4) is 0 Å². The molecule has 9 heteroatoms. The number of amides is 2. The van der Waals surface area contributed by atoms with E-state index in [1.807, 2.05) is 13.8 Å². The first-order valence-corrected chi connectivity index (χ1v) is 10.6. The zero-order valence-electron chi connectivity index (χ0n) is 18.3. The zero-order chi connectivity index (χ0) is 22.7. The van der Waals surface area contributed by atoms with Gasteiger partial charge in [-0.25, -0.2) is 9.59 Å². The molecule has 4 atom stereocenters. The number of Topliss-reactive ketones (excluding diaryl/α,β-unsaturated/α-hetero) is 1. The van der Waals surface area contributed by atoms with Gasteiger partial charge in [-0.1, -0.05) is 39.5 Å². The highest BCUT2D eigenvalue weighted by Gasteiger charge is 2.43. The third-order valence-electron chi connectivity index (χ3n) is 5.35. The van der Waals surface area contributed by atoms with E-state index >= 15 is 0 Å². The highest BCUT2D eigenvalue weighted by molar-refractivity contribution is 5.99. The van der Waals surface area contributed by atoms with Crippen LogP contribution in [-0.4, -0.2) is 55.8 Å². The topological polar surface area (TPSA) is 128 Å². The number of esters is 2. The Morgan fingerprint density at radius 3 is 1.50 bits per heavy atom. The Balaban J connectivity index is 2.88. The number of ether oxygens (including phenoxy) is 2. The van der Waals surface area contributed by atoms with E-state index < -0.39 is 47.7 Å². The van der Waals surface area contributed by atoms with Crippen LogP contribution >= 0.6 is 0 Å². The number of rotatable bonds is 12. The van der Waals surface area contributed by atoms with Gasteiger partial charge in [-0.15, -0.1) is 0 Å². The smallest absolute Gasteiger partial charge is 0.328 e. The lowest BCUT2D eigenvalue weighted by molar-refractivity contribution is -0.147. The van der Waals surface area contributed by atoms with Gasteiger partial charge in [0, 0.05) is 12.8 Å². The van der Waals surface area contributed by atoms with Crippen molar-refractivity contribution >= 4 is 29.5 Å². The summed E-state index contributed by atoms with van der Waals surface area (Å²) in [4.78, 5) is 61.6. The maximum absolute atomic E-state index is 12.8.